The van der Waals surface area contributed by atoms with Gasteiger partial charge >= 0.3 is 26.2 Å². The van der Waals surface area contributed by atoms with E-state index in [0.717, 1.165) is 0 Å². The predicted octanol–water partition coefficient (Wildman–Crippen LogP) is -1.45. The first-order valence-corrected chi connectivity index (χ1v) is 2.21. The van der Waals surface area contributed by atoms with Crippen molar-refractivity contribution in [2.45, 2.75) is 0 Å². The van der Waals surface area contributed by atoms with Gasteiger partial charge in [-0.2, -0.15) is 0 Å². The average molecular weight is 458 g/mol. The van der Waals surface area contributed by atoms with Crippen LogP contribution in [0.4, 0.5) is 0 Å². The maximum Gasteiger partial charge on any atom is 3.00 e. The largest absolute Gasteiger partial charge is 3.00 e. The summed E-state index contributed by atoms with van der Waals surface area (Å²) < 4.78 is 0. The fourth-order valence-electron chi connectivity index (χ4n) is 0. The topological polar surface area (TPSA) is 262 Å². The molecule has 0 fully saturated rings. The Labute approximate surface area is 108 Å². The molecular weight excluding hydrogens is 457 g/mol. The summed E-state index contributed by atoms with van der Waals surface area (Å²) in [5.74, 6) is 0. The second-order valence-electron chi connectivity index (χ2n) is 0.909. The van der Waals surface area contributed by atoms with Crippen LogP contribution in [0.15, 0.2) is 0 Å². The standard InChI is InChI=1S/Bi.HNO3.3NO3/c;4*2-1(3)4/h;(H,2,3,4);;;/q+3;;3*-1. The summed E-state index contributed by atoms with van der Waals surface area (Å²) in [5, 5.41) is 57.9. The molecule has 0 aliphatic carbocycles. The summed E-state index contributed by atoms with van der Waals surface area (Å²) in [4.78, 5) is 33.1. The van der Waals surface area contributed by atoms with Crippen LogP contribution in [-0.4, -0.2) is 51.8 Å². The average Bonchev–Trinajstić information content (AvgIpc) is 1.76. The van der Waals surface area contributed by atoms with E-state index in [1.165, 1.54) is 0 Å². The van der Waals surface area contributed by atoms with Crippen molar-refractivity contribution in [3.63, 3.8) is 0 Å². The minimum absolute atomic E-state index is 0. The van der Waals surface area contributed by atoms with Crippen LogP contribution in [0.5, 0.6) is 0 Å². The van der Waals surface area contributed by atoms with Gasteiger partial charge in [-0.1, -0.05) is 0 Å². The molecule has 17 heavy (non-hydrogen) atoms. The zero-order valence-electron chi connectivity index (χ0n) is 7.17. The van der Waals surface area contributed by atoms with Crippen molar-refractivity contribution in [2.24, 2.45) is 0 Å². The Bertz CT molecular complexity index is 159. The molecule has 0 bridgehead atoms. The first kappa shape index (κ1) is 29.3. The maximum absolute atomic E-state index is 8.36. The molecule has 0 aromatic carbocycles. The van der Waals surface area contributed by atoms with E-state index in [9.17, 15) is 0 Å². The summed E-state index contributed by atoms with van der Waals surface area (Å²) >= 11 is 0. The van der Waals surface area contributed by atoms with Crippen molar-refractivity contribution in [2.75, 3.05) is 0 Å². The Morgan fingerprint density at radius 2 is 0.588 bits per heavy atom. The Morgan fingerprint density at radius 3 is 0.588 bits per heavy atom. The maximum atomic E-state index is 8.36. The van der Waals surface area contributed by atoms with Gasteiger partial charge in [0, 0.05) is 0 Å². The van der Waals surface area contributed by atoms with Crippen LogP contribution in [0.1, 0.15) is 0 Å². The molecule has 0 saturated carbocycles. The van der Waals surface area contributed by atoms with Gasteiger partial charge < -0.3 is 51.2 Å². The first-order chi connectivity index (χ1) is 6.93. The molecule has 2 radical (unpaired) electrons. The molecule has 0 aliphatic heterocycles. The van der Waals surface area contributed by atoms with Crippen molar-refractivity contribution < 1.29 is 25.6 Å². The van der Waals surface area contributed by atoms with Gasteiger partial charge in [0.2, 0.25) is 0 Å². The van der Waals surface area contributed by atoms with E-state index >= 15 is 0 Å². The van der Waals surface area contributed by atoms with Gasteiger partial charge in [-0.25, -0.2) is 0 Å². The molecular formula is HBiN4O12. The molecule has 17 heteroatoms. The molecule has 0 spiro atoms. The fraction of sp³-hybridized carbons (Fsp3) is 0. The Kier molecular flexibility index (Phi) is 40.5. The molecule has 0 amide bonds. The van der Waals surface area contributed by atoms with Crippen LogP contribution in [0.25, 0.3) is 0 Å². The van der Waals surface area contributed by atoms with Crippen LogP contribution in [-0.2, 0) is 0 Å². The van der Waals surface area contributed by atoms with Gasteiger partial charge in [0.1, 0.15) is 0 Å². The van der Waals surface area contributed by atoms with E-state index in [-0.39, 0.29) is 26.2 Å². The third-order valence-electron chi connectivity index (χ3n) is 0. The van der Waals surface area contributed by atoms with Crippen LogP contribution >= 0.6 is 0 Å². The molecule has 98 valence electrons. The van der Waals surface area contributed by atoms with E-state index in [0.29, 0.717) is 0 Å². The number of hydrogen-bond acceptors (Lipinski definition) is 11. The van der Waals surface area contributed by atoms with Gasteiger partial charge in [0.05, 0.1) is 15.3 Å². The molecule has 0 aliphatic rings. The minimum Gasteiger partial charge on any atom is -0.356 e. The van der Waals surface area contributed by atoms with Gasteiger partial charge in [-0.3, -0.25) is 0 Å². The summed E-state index contributed by atoms with van der Waals surface area (Å²) in [7, 11) is 0. The van der Waals surface area contributed by atoms with E-state index in [4.69, 9.17) is 61.3 Å². The Morgan fingerprint density at radius 1 is 0.588 bits per heavy atom. The van der Waals surface area contributed by atoms with Gasteiger partial charge in [0.25, 0.3) is 5.09 Å². The molecule has 0 saturated heterocycles. The molecule has 0 aromatic rings. The van der Waals surface area contributed by atoms with E-state index in [2.05, 4.69) is 0 Å². The first-order valence-electron chi connectivity index (χ1n) is 2.21. The number of hydrogen-bond donors (Lipinski definition) is 1. The van der Waals surface area contributed by atoms with Crippen molar-refractivity contribution in [3.05, 3.63) is 56.1 Å². The monoisotopic (exact) mass is 458 g/mol. The molecule has 0 rings (SSSR count). The zero-order valence-corrected chi connectivity index (χ0v) is 10.7. The molecule has 0 heterocycles. The van der Waals surface area contributed by atoms with Crippen molar-refractivity contribution in [3.8, 4) is 0 Å². The van der Waals surface area contributed by atoms with Crippen molar-refractivity contribution in [1.29, 1.82) is 0 Å². The quantitative estimate of drug-likeness (QED) is 0.248. The Balaban J connectivity index is -0.0000000369. The summed E-state index contributed by atoms with van der Waals surface area (Å²) in [6.45, 7) is 0. The molecule has 0 atom stereocenters. The molecule has 16 nitrogen and oxygen atoms in total. The van der Waals surface area contributed by atoms with Crippen LogP contribution in [0.2, 0.25) is 0 Å². The summed E-state index contributed by atoms with van der Waals surface area (Å²) in [6.07, 6.45) is 0. The minimum atomic E-state index is -1.75. The van der Waals surface area contributed by atoms with E-state index < -0.39 is 20.3 Å². The summed E-state index contributed by atoms with van der Waals surface area (Å²) in [6, 6.07) is 0. The smallest absolute Gasteiger partial charge is 0.356 e. The Hall–Kier alpha value is -2.32. The van der Waals surface area contributed by atoms with Gasteiger partial charge in [-0.15, -0.1) is 10.1 Å². The van der Waals surface area contributed by atoms with Crippen LogP contribution in [0.3, 0.4) is 0 Å². The number of nitrogens with zero attached hydrogens (tertiary/aromatic N) is 4. The number of rotatable bonds is 0. The van der Waals surface area contributed by atoms with Crippen molar-refractivity contribution >= 4 is 26.2 Å². The van der Waals surface area contributed by atoms with Gasteiger partial charge in [-0.05, 0) is 0 Å². The van der Waals surface area contributed by atoms with Gasteiger partial charge in [0.15, 0.2) is 0 Å². The molecule has 1 N–H and O–H groups in total. The normalized spacial score (nSPS) is 5.65. The second-order valence-corrected chi connectivity index (χ2v) is 0.909. The third-order valence-corrected chi connectivity index (χ3v) is 0. The zero-order chi connectivity index (χ0) is 14.3. The predicted molar refractivity (Wildman–Crippen MR) is 45.6 cm³/mol. The molecule has 0 aromatic heterocycles. The molecule has 0 unspecified atom stereocenters. The summed E-state index contributed by atoms with van der Waals surface area (Å²) in [5.41, 5.74) is 0. The van der Waals surface area contributed by atoms with Crippen LogP contribution in [0, 0.1) is 56.1 Å². The third kappa shape index (κ3) is 348. The van der Waals surface area contributed by atoms with Crippen LogP contribution < -0.4 is 0 Å². The second kappa shape index (κ2) is 23.5. The SMILES string of the molecule is O=[N+]([O-])O.O=[N+]([O-])[O-].O=[N+]([O-])[O-].O=[N+]([O-])[O-].[Bi+3]. The van der Waals surface area contributed by atoms with E-state index in [1.807, 2.05) is 0 Å². The fourth-order valence-corrected chi connectivity index (χ4v) is 0. The van der Waals surface area contributed by atoms with E-state index in [1.54, 1.807) is 0 Å². The van der Waals surface area contributed by atoms with Crippen molar-refractivity contribution in [1.82, 2.24) is 0 Å².